The van der Waals surface area contributed by atoms with Gasteiger partial charge in [0.05, 0.1) is 16.3 Å². The molecule has 0 aliphatic carbocycles. The van der Waals surface area contributed by atoms with Gasteiger partial charge in [-0.3, -0.25) is 9.59 Å². The average molecular weight is 668 g/mol. The molecule has 46 heavy (non-hydrogen) atoms. The lowest BCUT2D eigenvalue weighted by atomic mass is 9.96. The summed E-state index contributed by atoms with van der Waals surface area (Å²) in [5.41, 5.74) is 2.71. The zero-order valence-corrected chi connectivity index (χ0v) is 26.1. The number of nitrogens with zero attached hydrogens (tertiary/aromatic N) is 1. The highest BCUT2D eigenvalue weighted by Gasteiger charge is 2.64. The zero-order chi connectivity index (χ0) is 32.5. The standard InChI is InChI=1S/C32H27F2N3O7S2/c1-32(2)28(31(40)44-13-16-3-5-17(33)6-4-16)37-29(39)27(30(37)45-32)36-25(38)14-43-19-8-9-20-24(12-19)46(41,42)15-22-21-11-18(34)7-10-23(21)35-26(20)22/h3-12,27-28,30,35H,13-15H2,1-2H3,(H,36,38). The molecule has 3 aliphatic heterocycles. The molecule has 3 aromatic carbocycles. The van der Waals surface area contributed by atoms with Crippen LogP contribution in [-0.4, -0.2) is 64.9 Å². The first-order valence-electron chi connectivity index (χ1n) is 14.3. The van der Waals surface area contributed by atoms with Crippen molar-refractivity contribution in [1.29, 1.82) is 0 Å². The maximum absolute atomic E-state index is 13.9. The van der Waals surface area contributed by atoms with Crippen LogP contribution in [0.15, 0.2) is 65.6 Å². The summed E-state index contributed by atoms with van der Waals surface area (Å²) in [5.74, 6) is -2.68. The second-order valence-electron chi connectivity index (χ2n) is 11.9. The zero-order valence-electron chi connectivity index (χ0n) is 24.5. The number of fused-ring (bicyclic) bond motifs is 6. The van der Waals surface area contributed by atoms with E-state index in [1.807, 2.05) is 13.8 Å². The average Bonchev–Trinajstić information content (AvgIpc) is 3.49. The number of halogens is 2. The molecule has 0 bridgehead atoms. The number of thioether (sulfide) groups is 1. The number of hydrogen-bond donors (Lipinski definition) is 2. The number of aromatic nitrogens is 1. The number of β-lactam (4-membered cyclic amide) rings is 1. The van der Waals surface area contributed by atoms with Gasteiger partial charge in [0.1, 0.15) is 41.4 Å². The molecule has 7 rings (SSSR count). The Bertz CT molecular complexity index is 2050. The van der Waals surface area contributed by atoms with Crippen molar-refractivity contribution in [3.8, 4) is 17.0 Å². The topological polar surface area (TPSA) is 135 Å². The Morgan fingerprint density at radius 1 is 1.07 bits per heavy atom. The summed E-state index contributed by atoms with van der Waals surface area (Å²) < 4.78 is 63.8. The number of ether oxygens (including phenoxy) is 2. The maximum Gasteiger partial charge on any atom is 0.330 e. The van der Waals surface area contributed by atoms with Crippen molar-refractivity contribution in [2.75, 3.05) is 6.61 Å². The Morgan fingerprint density at radius 3 is 2.57 bits per heavy atom. The third-order valence-corrected chi connectivity index (χ3v) is 11.7. The Hall–Kier alpha value is -4.43. The van der Waals surface area contributed by atoms with Crippen LogP contribution in [0.1, 0.15) is 25.0 Å². The van der Waals surface area contributed by atoms with Crippen LogP contribution in [0.25, 0.3) is 22.2 Å². The van der Waals surface area contributed by atoms with E-state index in [-0.39, 0.29) is 23.0 Å². The molecule has 10 nitrogen and oxygen atoms in total. The van der Waals surface area contributed by atoms with E-state index in [9.17, 15) is 31.6 Å². The first kappa shape index (κ1) is 30.2. The van der Waals surface area contributed by atoms with Gasteiger partial charge in [-0.2, -0.15) is 0 Å². The molecule has 4 heterocycles. The molecule has 1 aromatic heterocycles. The highest BCUT2D eigenvalue weighted by Crippen LogP contribution is 2.51. The number of sulfone groups is 1. The number of esters is 1. The summed E-state index contributed by atoms with van der Waals surface area (Å²) in [5, 5.41) is 2.67. The number of amides is 2. The van der Waals surface area contributed by atoms with E-state index in [1.165, 1.54) is 65.2 Å². The fraction of sp³-hybridized carbons (Fsp3) is 0.281. The Balaban J connectivity index is 0.996. The van der Waals surface area contributed by atoms with E-state index in [1.54, 1.807) is 12.1 Å². The lowest BCUT2D eigenvalue weighted by molar-refractivity contribution is -0.165. The summed E-state index contributed by atoms with van der Waals surface area (Å²) >= 11 is 1.37. The number of hydrogen-bond acceptors (Lipinski definition) is 8. The van der Waals surface area contributed by atoms with Crippen LogP contribution in [0, 0.1) is 11.6 Å². The maximum atomic E-state index is 13.9. The van der Waals surface area contributed by atoms with Crippen LogP contribution in [0.3, 0.4) is 0 Å². The summed E-state index contributed by atoms with van der Waals surface area (Å²) in [4.78, 5) is 43.6. The summed E-state index contributed by atoms with van der Waals surface area (Å²) in [7, 11) is -3.80. The molecule has 3 unspecified atom stereocenters. The molecule has 0 spiro atoms. The minimum Gasteiger partial charge on any atom is -0.484 e. The Labute approximate surface area is 266 Å². The number of nitrogens with one attached hydrogen (secondary N) is 2. The molecule has 3 aliphatic rings. The van der Waals surface area contributed by atoms with E-state index in [0.29, 0.717) is 33.3 Å². The highest BCUT2D eigenvalue weighted by molar-refractivity contribution is 8.01. The van der Waals surface area contributed by atoms with Crippen LogP contribution in [0.5, 0.6) is 5.75 Å². The monoisotopic (exact) mass is 667 g/mol. The molecule has 2 fully saturated rings. The van der Waals surface area contributed by atoms with Gasteiger partial charge >= 0.3 is 5.97 Å². The number of aromatic amines is 1. The molecular weight excluding hydrogens is 640 g/mol. The SMILES string of the molecule is CC1(C)SC2C(NC(=O)COc3ccc4c(c3)S(=O)(=O)Cc3c-4[nH]c4ccc(F)cc34)C(=O)N2C1C(=O)OCc1ccc(F)cc1. The molecule has 2 saturated heterocycles. The van der Waals surface area contributed by atoms with Gasteiger partial charge < -0.3 is 24.7 Å². The lowest BCUT2D eigenvalue weighted by Crippen LogP contribution is -2.71. The molecule has 0 radical (unpaired) electrons. The third-order valence-electron chi connectivity index (χ3n) is 8.41. The van der Waals surface area contributed by atoms with Crippen molar-refractivity contribution >= 4 is 50.3 Å². The quantitative estimate of drug-likeness (QED) is 0.223. The smallest absolute Gasteiger partial charge is 0.330 e. The molecule has 4 aromatic rings. The predicted molar refractivity (Wildman–Crippen MR) is 164 cm³/mol. The van der Waals surface area contributed by atoms with Crippen molar-refractivity contribution in [2.24, 2.45) is 0 Å². The fourth-order valence-corrected chi connectivity index (χ4v) is 9.49. The first-order chi connectivity index (χ1) is 21.8. The predicted octanol–water partition coefficient (Wildman–Crippen LogP) is 4.07. The second-order valence-corrected chi connectivity index (χ2v) is 15.6. The van der Waals surface area contributed by atoms with E-state index in [2.05, 4.69) is 10.3 Å². The summed E-state index contributed by atoms with van der Waals surface area (Å²) in [6.07, 6.45) is 0. The molecule has 0 saturated carbocycles. The normalized spacial score (nSPS) is 22.0. The van der Waals surface area contributed by atoms with Crippen LogP contribution in [0.2, 0.25) is 0 Å². The number of H-pyrrole nitrogens is 1. The molecule has 3 atom stereocenters. The minimum atomic E-state index is -3.80. The van der Waals surface area contributed by atoms with Crippen molar-refractivity contribution in [1.82, 2.24) is 15.2 Å². The highest BCUT2D eigenvalue weighted by atomic mass is 32.2. The van der Waals surface area contributed by atoms with Gasteiger partial charge in [-0.15, -0.1) is 11.8 Å². The molecule has 2 N–H and O–H groups in total. The third kappa shape index (κ3) is 5.09. The number of benzene rings is 3. The number of carbonyl (C=O) groups excluding carboxylic acids is 3. The van der Waals surface area contributed by atoms with Crippen LogP contribution < -0.4 is 10.1 Å². The van der Waals surface area contributed by atoms with Gasteiger partial charge in [0.2, 0.25) is 5.91 Å². The van der Waals surface area contributed by atoms with Gasteiger partial charge in [-0.05, 0) is 67.9 Å². The van der Waals surface area contributed by atoms with Crippen LogP contribution in [0.4, 0.5) is 8.78 Å². The van der Waals surface area contributed by atoms with E-state index in [0.717, 1.165) is 0 Å². The summed E-state index contributed by atoms with van der Waals surface area (Å²) in [6.45, 7) is 3.07. The van der Waals surface area contributed by atoms with Crippen molar-refractivity contribution in [3.63, 3.8) is 0 Å². The van der Waals surface area contributed by atoms with Gasteiger partial charge in [0.15, 0.2) is 16.4 Å². The minimum absolute atomic E-state index is 0.0247. The number of rotatable bonds is 7. The number of carbonyl (C=O) groups is 3. The van der Waals surface area contributed by atoms with Crippen molar-refractivity contribution < 1.29 is 41.1 Å². The second kappa shape index (κ2) is 10.8. The van der Waals surface area contributed by atoms with Gasteiger partial charge in [0.25, 0.3) is 5.91 Å². The summed E-state index contributed by atoms with van der Waals surface area (Å²) in [6, 6.07) is 12.4. The molecule has 2 amide bonds. The van der Waals surface area contributed by atoms with Crippen LogP contribution in [-0.2, 0) is 41.3 Å². The van der Waals surface area contributed by atoms with E-state index >= 15 is 0 Å². The largest absolute Gasteiger partial charge is 0.484 e. The Morgan fingerprint density at radius 2 is 1.80 bits per heavy atom. The molecule has 238 valence electrons. The van der Waals surface area contributed by atoms with E-state index < -0.39 is 68.1 Å². The Kier molecular flexibility index (Phi) is 7.12. The van der Waals surface area contributed by atoms with Crippen molar-refractivity contribution in [3.05, 3.63) is 83.4 Å². The molecule has 14 heteroatoms. The van der Waals surface area contributed by atoms with Gasteiger partial charge in [-0.1, -0.05) is 12.1 Å². The lowest BCUT2D eigenvalue weighted by Gasteiger charge is -2.43. The van der Waals surface area contributed by atoms with E-state index in [4.69, 9.17) is 9.47 Å². The van der Waals surface area contributed by atoms with Crippen molar-refractivity contribution in [2.45, 2.75) is 53.3 Å². The van der Waals surface area contributed by atoms with Gasteiger partial charge in [-0.25, -0.2) is 22.0 Å². The first-order valence-corrected chi connectivity index (χ1v) is 16.9. The van der Waals surface area contributed by atoms with Gasteiger partial charge in [0, 0.05) is 26.8 Å². The van der Waals surface area contributed by atoms with Crippen LogP contribution >= 0.6 is 11.8 Å². The fourth-order valence-electron chi connectivity index (χ4n) is 6.23. The molecular formula is C32H27F2N3O7S2.